The first-order valence-corrected chi connectivity index (χ1v) is 16.8. The van der Waals surface area contributed by atoms with Crippen molar-refractivity contribution in [1.29, 1.82) is 5.26 Å². The third-order valence-corrected chi connectivity index (χ3v) is 9.49. The van der Waals surface area contributed by atoms with Crippen LogP contribution in [0.5, 0.6) is 17.2 Å². The van der Waals surface area contributed by atoms with Crippen LogP contribution in [-0.2, 0) is 14.3 Å². The number of carbonyl (C=O) groups is 4. The third-order valence-electron chi connectivity index (χ3n) is 8.32. The van der Waals surface area contributed by atoms with Crippen LogP contribution in [0, 0.1) is 11.3 Å². The summed E-state index contributed by atoms with van der Waals surface area (Å²) >= 11 is 1.04. The number of rotatable bonds is 12. The number of thioether (sulfide) groups is 1. The quantitative estimate of drug-likeness (QED) is 0.0767. The summed E-state index contributed by atoms with van der Waals surface area (Å²) in [6.07, 6.45) is -0.141. The summed E-state index contributed by atoms with van der Waals surface area (Å²) in [6.45, 7) is -0.501. The van der Waals surface area contributed by atoms with Crippen molar-refractivity contribution in [1.82, 2.24) is 4.98 Å². The highest BCUT2D eigenvalue weighted by Crippen LogP contribution is 2.44. The van der Waals surface area contributed by atoms with Crippen LogP contribution in [0.1, 0.15) is 32.7 Å². The Hall–Kier alpha value is -6.45. The Morgan fingerprint density at radius 2 is 1.54 bits per heavy atom. The van der Waals surface area contributed by atoms with Crippen molar-refractivity contribution in [2.24, 2.45) is 0 Å². The number of ether oxygens (including phenoxy) is 4. The normalized spacial score (nSPS) is 13.7. The lowest BCUT2D eigenvalue weighted by atomic mass is 9.98. The average molecular weight is 714 g/mol. The first kappa shape index (κ1) is 35.4. The molecule has 1 fully saturated rings. The molecule has 1 atom stereocenters. The maximum atomic E-state index is 13.8. The van der Waals surface area contributed by atoms with Gasteiger partial charge in [0, 0.05) is 23.1 Å². The number of carbonyl (C=O) groups excluding carboxylic acids is 4. The molecule has 1 aliphatic rings. The summed E-state index contributed by atoms with van der Waals surface area (Å²) in [4.78, 5) is 58.3. The number of Topliss-reactive ketones (excluding diaryl/α,β-unsaturated/α-hetero) is 1. The smallest absolute Gasteiger partial charge is 0.338 e. The molecule has 0 radical (unpaired) electrons. The number of nitrogens with zero attached hydrogens (tertiary/aromatic N) is 3. The van der Waals surface area contributed by atoms with Crippen molar-refractivity contribution in [3.05, 3.63) is 120 Å². The van der Waals surface area contributed by atoms with Gasteiger partial charge in [0.2, 0.25) is 17.6 Å². The van der Waals surface area contributed by atoms with Gasteiger partial charge in [0.25, 0.3) is 0 Å². The van der Waals surface area contributed by atoms with Gasteiger partial charge >= 0.3 is 5.97 Å². The van der Waals surface area contributed by atoms with Crippen molar-refractivity contribution in [2.75, 3.05) is 32.8 Å². The standard InChI is InChI=1S/C40H31N3O8S/c1-48-33-14-8-7-12-28(33)32(44)23-51-40(47)25-16-18-26(19-17-25)43-36(45)21-35(39(43)46)52-38-30(22-41)29(20-31(42-38)24-10-5-4-6-11-24)27-13-9-15-34(49-2)37(27)50-3/h4-20,35H,21,23H2,1-3H3. The summed E-state index contributed by atoms with van der Waals surface area (Å²) in [5.74, 6) is -0.862. The molecule has 1 unspecified atom stereocenters. The van der Waals surface area contributed by atoms with Crippen LogP contribution in [0.4, 0.5) is 5.69 Å². The van der Waals surface area contributed by atoms with E-state index in [1.165, 1.54) is 45.6 Å². The third kappa shape index (κ3) is 7.08. The molecule has 1 aromatic heterocycles. The summed E-state index contributed by atoms with van der Waals surface area (Å²) in [6, 6.07) is 31.2. The van der Waals surface area contributed by atoms with E-state index >= 15 is 0 Å². The van der Waals surface area contributed by atoms with Gasteiger partial charge in [0.05, 0.1) is 54.7 Å². The molecule has 1 aliphatic heterocycles. The topological polar surface area (TPSA) is 145 Å². The fraction of sp³-hybridized carbons (Fsp3) is 0.150. The molecule has 0 bridgehead atoms. The molecule has 5 aromatic rings. The highest BCUT2D eigenvalue weighted by Gasteiger charge is 2.41. The minimum atomic E-state index is -0.885. The highest BCUT2D eigenvalue weighted by atomic mass is 32.2. The van der Waals surface area contributed by atoms with Crippen molar-refractivity contribution in [3.63, 3.8) is 0 Å². The van der Waals surface area contributed by atoms with E-state index < -0.39 is 35.4 Å². The lowest BCUT2D eigenvalue weighted by Crippen LogP contribution is -2.31. The number of hydrogen-bond acceptors (Lipinski definition) is 11. The molecule has 1 saturated heterocycles. The number of benzene rings is 4. The number of amides is 2. The van der Waals surface area contributed by atoms with Gasteiger partial charge < -0.3 is 18.9 Å². The van der Waals surface area contributed by atoms with Crippen molar-refractivity contribution in [2.45, 2.75) is 16.7 Å². The lowest BCUT2D eigenvalue weighted by molar-refractivity contribution is -0.121. The zero-order valence-electron chi connectivity index (χ0n) is 28.3. The van der Waals surface area contributed by atoms with E-state index in [9.17, 15) is 24.4 Å². The molecule has 52 heavy (non-hydrogen) atoms. The van der Waals surface area contributed by atoms with E-state index in [1.54, 1.807) is 42.5 Å². The van der Waals surface area contributed by atoms with Gasteiger partial charge in [-0.2, -0.15) is 5.26 Å². The van der Waals surface area contributed by atoms with Crippen LogP contribution in [0.15, 0.2) is 108 Å². The maximum absolute atomic E-state index is 13.8. The number of imide groups is 1. The van der Waals surface area contributed by atoms with Crippen molar-refractivity contribution < 1.29 is 38.1 Å². The molecule has 0 saturated carbocycles. The van der Waals surface area contributed by atoms with Gasteiger partial charge in [-0.25, -0.2) is 14.7 Å². The van der Waals surface area contributed by atoms with Crippen LogP contribution in [-0.4, -0.2) is 61.7 Å². The Kier molecular flexibility index (Phi) is 10.6. The van der Waals surface area contributed by atoms with E-state index in [4.69, 9.17) is 23.9 Å². The molecule has 6 rings (SSSR count). The number of anilines is 1. The number of methoxy groups -OCH3 is 3. The molecule has 2 heterocycles. The number of hydrogen-bond donors (Lipinski definition) is 0. The van der Waals surface area contributed by atoms with Gasteiger partial charge in [-0.3, -0.25) is 14.4 Å². The van der Waals surface area contributed by atoms with Gasteiger partial charge in [-0.1, -0.05) is 66.4 Å². The maximum Gasteiger partial charge on any atom is 0.338 e. The largest absolute Gasteiger partial charge is 0.496 e. The van der Waals surface area contributed by atoms with Crippen LogP contribution in [0.25, 0.3) is 22.4 Å². The van der Waals surface area contributed by atoms with E-state index in [0.717, 1.165) is 22.2 Å². The zero-order valence-corrected chi connectivity index (χ0v) is 29.1. The summed E-state index contributed by atoms with van der Waals surface area (Å²) in [5, 5.41) is 9.85. The zero-order chi connectivity index (χ0) is 36.8. The van der Waals surface area contributed by atoms with E-state index in [2.05, 4.69) is 6.07 Å². The van der Waals surface area contributed by atoms with E-state index in [-0.39, 0.29) is 33.8 Å². The predicted octanol–water partition coefficient (Wildman–Crippen LogP) is 6.78. The molecular formula is C40H31N3O8S. The number of nitriles is 1. The summed E-state index contributed by atoms with van der Waals surface area (Å²) < 4.78 is 21.6. The minimum Gasteiger partial charge on any atom is -0.496 e. The molecule has 4 aromatic carbocycles. The number of aromatic nitrogens is 1. The first-order chi connectivity index (χ1) is 25.3. The number of ketones is 1. The highest BCUT2D eigenvalue weighted by molar-refractivity contribution is 8.00. The van der Waals surface area contributed by atoms with Gasteiger partial charge in [0.1, 0.15) is 16.8 Å². The second-order valence-electron chi connectivity index (χ2n) is 11.4. The van der Waals surface area contributed by atoms with E-state index in [1.807, 2.05) is 36.4 Å². The molecule has 12 heteroatoms. The Labute approximate surface area is 303 Å². The van der Waals surface area contributed by atoms with Crippen LogP contribution >= 0.6 is 11.8 Å². The average Bonchev–Trinajstić information content (AvgIpc) is 3.47. The Balaban J connectivity index is 1.24. The molecule has 0 N–H and O–H groups in total. The van der Waals surface area contributed by atoms with Gasteiger partial charge in [-0.05, 0) is 48.5 Å². The van der Waals surface area contributed by atoms with Gasteiger partial charge in [-0.15, -0.1) is 0 Å². The Morgan fingerprint density at radius 1 is 0.846 bits per heavy atom. The predicted molar refractivity (Wildman–Crippen MR) is 194 cm³/mol. The molecule has 0 aliphatic carbocycles. The number of para-hydroxylation sites is 2. The molecule has 260 valence electrons. The SMILES string of the molecule is COc1ccccc1C(=O)COC(=O)c1ccc(N2C(=O)CC(Sc3nc(-c4ccccc4)cc(-c4cccc(OC)c4OC)c3C#N)C2=O)cc1. The second kappa shape index (κ2) is 15.6. The minimum absolute atomic E-state index is 0.127. The Bertz CT molecular complexity index is 2220. The summed E-state index contributed by atoms with van der Waals surface area (Å²) in [7, 11) is 4.48. The lowest BCUT2D eigenvalue weighted by Gasteiger charge is -2.18. The monoisotopic (exact) mass is 713 g/mol. The van der Waals surface area contributed by atoms with Crippen LogP contribution in [0.2, 0.25) is 0 Å². The molecule has 2 amide bonds. The van der Waals surface area contributed by atoms with Gasteiger partial charge in [0.15, 0.2) is 18.1 Å². The second-order valence-corrected chi connectivity index (χ2v) is 12.6. The first-order valence-electron chi connectivity index (χ1n) is 16.0. The summed E-state index contributed by atoms with van der Waals surface area (Å²) in [5.41, 5.74) is 3.34. The van der Waals surface area contributed by atoms with E-state index in [0.29, 0.717) is 34.1 Å². The fourth-order valence-electron chi connectivity index (χ4n) is 5.80. The Morgan fingerprint density at radius 3 is 2.23 bits per heavy atom. The number of esters is 1. The van der Waals surface area contributed by atoms with Crippen LogP contribution < -0.4 is 19.1 Å². The number of pyridine rings is 1. The fourth-order valence-corrected chi connectivity index (χ4v) is 6.93. The molecular weight excluding hydrogens is 683 g/mol. The van der Waals surface area contributed by atoms with Crippen molar-refractivity contribution >= 4 is 41.0 Å². The molecule has 11 nitrogen and oxygen atoms in total. The van der Waals surface area contributed by atoms with Crippen LogP contribution in [0.3, 0.4) is 0 Å². The van der Waals surface area contributed by atoms with Crippen molar-refractivity contribution in [3.8, 4) is 45.7 Å². The molecule has 0 spiro atoms.